The third kappa shape index (κ3) is 5.78. The van der Waals surface area contributed by atoms with E-state index in [1.54, 1.807) is 17.9 Å². The molecule has 1 atom stereocenters. The number of aromatic nitrogens is 2. The number of sulfonamides is 1. The summed E-state index contributed by atoms with van der Waals surface area (Å²) >= 11 is 0. The predicted octanol–water partition coefficient (Wildman–Crippen LogP) is 4.06. The SMILES string of the molecule is CCOc1cc2c(NC(C)(ONS(=O)(=O)c3ccccc3)C(F)(F)F)ncnc2cc1OC.Cl. The number of hydrogen-bond donors (Lipinski definition) is 2. The molecular formula is C20H22ClF3N4O5S. The van der Waals surface area contributed by atoms with Gasteiger partial charge in [0.2, 0.25) is 0 Å². The largest absolute Gasteiger partial charge is 0.493 e. The highest BCUT2D eigenvalue weighted by atomic mass is 35.5. The Morgan fingerprint density at radius 2 is 1.74 bits per heavy atom. The first-order valence-corrected chi connectivity index (χ1v) is 11.0. The van der Waals surface area contributed by atoms with Gasteiger partial charge in [0.15, 0.2) is 11.5 Å². The van der Waals surface area contributed by atoms with Crippen molar-refractivity contribution in [3.8, 4) is 11.5 Å². The van der Waals surface area contributed by atoms with Crippen LogP contribution in [0.3, 0.4) is 0 Å². The van der Waals surface area contributed by atoms with Gasteiger partial charge in [-0.25, -0.2) is 23.2 Å². The fraction of sp³-hybridized carbons (Fsp3) is 0.300. The minimum atomic E-state index is -5.06. The van der Waals surface area contributed by atoms with E-state index in [9.17, 15) is 21.6 Å². The van der Waals surface area contributed by atoms with E-state index in [-0.39, 0.29) is 46.4 Å². The van der Waals surface area contributed by atoms with Gasteiger partial charge in [0.05, 0.1) is 24.1 Å². The molecule has 0 spiro atoms. The van der Waals surface area contributed by atoms with Crippen molar-refractivity contribution >= 4 is 39.2 Å². The number of ether oxygens (including phenoxy) is 2. The third-order valence-electron chi connectivity index (χ3n) is 4.53. The summed E-state index contributed by atoms with van der Waals surface area (Å²) in [6, 6.07) is 9.74. The van der Waals surface area contributed by atoms with Gasteiger partial charge in [0.25, 0.3) is 15.7 Å². The van der Waals surface area contributed by atoms with Gasteiger partial charge < -0.3 is 14.8 Å². The molecule has 0 saturated heterocycles. The lowest BCUT2D eigenvalue weighted by Gasteiger charge is -2.32. The lowest BCUT2D eigenvalue weighted by atomic mass is 10.1. The molecule has 2 N–H and O–H groups in total. The van der Waals surface area contributed by atoms with Crippen LogP contribution in [0.5, 0.6) is 11.5 Å². The zero-order valence-electron chi connectivity index (χ0n) is 18.2. The number of nitrogens with one attached hydrogen (secondary N) is 2. The molecule has 3 aromatic rings. The van der Waals surface area contributed by atoms with Crippen molar-refractivity contribution in [1.82, 2.24) is 14.9 Å². The Hall–Kier alpha value is -2.87. The van der Waals surface area contributed by atoms with E-state index in [2.05, 4.69) is 15.3 Å². The summed E-state index contributed by atoms with van der Waals surface area (Å²) in [6.07, 6.45) is -4.01. The number of halogens is 4. The Kier molecular flexibility index (Phi) is 8.53. The number of nitrogens with zero attached hydrogens (tertiary/aromatic N) is 2. The molecule has 0 aliphatic rings. The van der Waals surface area contributed by atoms with Crippen molar-refractivity contribution in [2.75, 3.05) is 19.0 Å². The molecule has 34 heavy (non-hydrogen) atoms. The normalized spacial score (nSPS) is 13.6. The van der Waals surface area contributed by atoms with E-state index in [0.717, 1.165) is 6.33 Å². The Labute approximate surface area is 200 Å². The Morgan fingerprint density at radius 1 is 1.06 bits per heavy atom. The second-order valence-corrected chi connectivity index (χ2v) is 8.48. The molecule has 0 aliphatic carbocycles. The summed E-state index contributed by atoms with van der Waals surface area (Å²) in [5, 5.41) is 2.32. The van der Waals surface area contributed by atoms with Gasteiger partial charge in [-0.15, -0.1) is 12.4 Å². The molecule has 0 amide bonds. The van der Waals surface area contributed by atoms with Crippen LogP contribution < -0.4 is 19.7 Å². The molecular weight excluding hydrogens is 501 g/mol. The van der Waals surface area contributed by atoms with E-state index in [4.69, 9.17) is 14.3 Å². The van der Waals surface area contributed by atoms with Gasteiger partial charge in [-0.3, -0.25) is 0 Å². The van der Waals surface area contributed by atoms with Crippen molar-refractivity contribution in [1.29, 1.82) is 0 Å². The summed E-state index contributed by atoms with van der Waals surface area (Å²) in [4.78, 5) is 13.9. The Balaban J connectivity index is 0.00000408. The Morgan fingerprint density at radius 3 is 2.32 bits per heavy atom. The van der Waals surface area contributed by atoms with Crippen LogP contribution in [0, 0.1) is 0 Å². The molecule has 2 aromatic carbocycles. The topological polar surface area (TPSA) is 112 Å². The van der Waals surface area contributed by atoms with Crippen LogP contribution in [0.15, 0.2) is 53.7 Å². The van der Waals surface area contributed by atoms with Gasteiger partial charge in [0, 0.05) is 11.5 Å². The number of benzene rings is 2. The lowest BCUT2D eigenvalue weighted by molar-refractivity contribution is -0.268. The summed E-state index contributed by atoms with van der Waals surface area (Å²) in [5.74, 6) is 0.339. The van der Waals surface area contributed by atoms with E-state index >= 15 is 0 Å². The van der Waals surface area contributed by atoms with E-state index in [0.29, 0.717) is 12.7 Å². The maximum atomic E-state index is 14.0. The van der Waals surface area contributed by atoms with Crippen LogP contribution in [0.2, 0.25) is 0 Å². The van der Waals surface area contributed by atoms with E-state index < -0.39 is 21.9 Å². The summed E-state index contributed by atoms with van der Waals surface area (Å²) < 4.78 is 77.4. The number of hydrogen-bond acceptors (Lipinski definition) is 8. The predicted molar refractivity (Wildman–Crippen MR) is 120 cm³/mol. The van der Waals surface area contributed by atoms with Gasteiger partial charge in [-0.2, -0.15) is 13.2 Å². The van der Waals surface area contributed by atoms with Gasteiger partial charge in [-0.1, -0.05) is 23.1 Å². The maximum absolute atomic E-state index is 14.0. The number of rotatable bonds is 9. The molecule has 1 heterocycles. The number of alkyl halides is 3. The van der Waals surface area contributed by atoms with Gasteiger partial charge in [-0.05, 0) is 32.0 Å². The van der Waals surface area contributed by atoms with Crippen LogP contribution >= 0.6 is 12.4 Å². The number of fused-ring (bicyclic) bond motifs is 1. The molecule has 186 valence electrons. The van der Waals surface area contributed by atoms with Crippen LogP contribution in [0.25, 0.3) is 10.9 Å². The zero-order chi connectivity index (χ0) is 24.3. The maximum Gasteiger partial charge on any atom is 0.438 e. The quantitative estimate of drug-likeness (QED) is 0.320. The van der Waals surface area contributed by atoms with Crippen molar-refractivity contribution in [2.45, 2.75) is 30.6 Å². The highest BCUT2D eigenvalue weighted by Crippen LogP contribution is 2.38. The second-order valence-electron chi connectivity index (χ2n) is 6.83. The first-order valence-electron chi connectivity index (χ1n) is 9.56. The summed E-state index contributed by atoms with van der Waals surface area (Å²) in [6.45, 7) is 2.64. The average molecular weight is 523 g/mol. The monoisotopic (exact) mass is 522 g/mol. The molecule has 3 rings (SSSR count). The zero-order valence-corrected chi connectivity index (χ0v) is 19.8. The number of methoxy groups -OCH3 is 1. The first-order chi connectivity index (χ1) is 15.5. The fourth-order valence-corrected chi connectivity index (χ4v) is 3.65. The second kappa shape index (κ2) is 10.6. The highest BCUT2D eigenvalue weighted by Gasteiger charge is 2.54. The number of anilines is 1. The molecule has 0 bridgehead atoms. The minimum absolute atomic E-state index is 0. The third-order valence-corrected chi connectivity index (χ3v) is 5.72. The Bertz CT molecular complexity index is 1230. The van der Waals surface area contributed by atoms with Gasteiger partial charge >= 0.3 is 6.18 Å². The smallest absolute Gasteiger partial charge is 0.438 e. The molecule has 9 nitrogen and oxygen atoms in total. The molecule has 1 aromatic heterocycles. The van der Waals surface area contributed by atoms with Crippen LogP contribution in [-0.4, -0.2) is 44.0 Å². The van der Waals surface area contributed by atoms with Crippen LogP contribution in [-0.2, 0) is 14.9 Å². The van der Waals surface area contributed by atoms with E-state index in [1.807, 2.05) is 0 Å². The fourth-order valence-electron chi connectivity index (χ4n) is 2.76. The van der Waals surface area contributed by atoms with Crippen molar-refractivity contribution in [3.63, 3.8) is 0 Å². The highest BCUT2D eigenvalue weighted by molar-refractivity contribution is 7.89. The molecule has 0 saturated carbocycles. The summed E-state index contributed by atoms with van der Waals surface area (Å²) in [5.41, 5.74) is -2.93. The molecule has 0 aliphatic heterocycles. The molecule has 1 unspecified atom stereocenters. The molecule has 0 radical (unpaired) electrons. The molecule has 14 heteroatoms. The lowest BCUT2D eigenvalue weighted by Crippen LogP contribution is -2.55. The summed E-state index contributed by atoms with van der Waals surface area (Å²) in [7, 11) is -2.98. The first kappa shape index (κ1) is 27.4. The molecule has 0 fully saturated rings. The van der Waals surface area contributed by atoms with Gasteiger partial charge in [0.1, 0.15) is 12.1 Å². The van der Waals surface area contributed by atoms with Crippen LogP contribution in [0.1, 0.15) is 13.8 Å². The van der Waals surface area contributed by atoms with E-state index in [1.165, 1.54) is 43.5 Å². The van der Waals surface area contributed by atoms with Crippen molar-refractivity contribution in [3.05, 3.63) is 48.8 Å². The minimum Gasteiger partial charge on any atom is -0.493 e. The van der Waals surface area contributed by atoms with Crippen molar-refractivity contribution in [2.24, 2.45) is 0 Å². The van der Waals surface area contributed by atoms with Crippen LogP contribution in [0.4, 0.5) is 19.0 Å². The standard InChI is InChI=1S/C20H21F3N4O5S.ClH/c1-4-31-17-10-14-15(11-16(17)30-3)24-12-25-18(14)26-19(2,20(21,22)23)32-27-33(28,29)13-8-6-5-7-9-13;/h5-12,27H,4H2,1-3H3,(H,24,25,26);1H. The van der Waals surface area contributed by atoms with Crippen molar-refractivity contribution < 1.29 is 35.9 Å². The average Bonchev–Trinajstić information content (AvgIpc) is 2.78.